The highest BCUT2D eigenvalue weighted by Gasteiger charge is 2.23. The number of carbonyl (C=O) groups excluding carboxylic acids is 1. The first-order valence-electron chi connectivity index (χ1n) is 11.1. The second-order valence-electron chi connectivity index (χ2n) is 8.50. The van der Waals surface area contributed by atoms with Crippen LogP contribution in [0, 0.1) is 6.92 Å². The number of rotatable bonds is 9. The van der Waals surface area contributed by atoms with Crippen LogP contribution in [0.2, 0.25) is 0 Å². The lowest BCUT2D eigenvalue weighted by molar-refractivity contribution is -0.127. The van der Waals surface area contributed by atoms with Crippen molar-refractivity contribution in [1.29, 1.82) is 0 Å². The van der Waals surface area contributed by atoms with Gasteiger partial charge in [0, 0.05) is 45.0 Å². The van der Waals surface area contributed by atoms with Crippen molar-refractivity contribution in [3.05, 3.63) is 23.7 Å². The molecule has 32 heavy (non-hydrogen) atoms. The zero-order chi connectivity index (χ0) is 22.7. The van der Waals surface area contributed by atoms with Crippen LogP contribution < -0.4 is 10.6 Å². The number of hydrogen-bond acceptors (Lipinski definition) is 7. The molecule has 0 spiro atoms. The molecular formula is C21H30F2N8O. The lowest BCUT2D eigenvalue weighted by Crippen LogP contribution is -2.27. The van der Waals surface area contributed by atoms with E-state index in [4.69, 9.17) is 0 Å². The van der Waals surface area contributed by atoms with Crippen molar-refractivity contribution in [1.82, 2.24) is 29.5 Å². The van der Waals surface area contributed by atoms with Gasteiger partial charge in [-0.25, -0.2) is 13.8 Å². The van der Waals surface area contributed by atoms with Gasteiger partial charge in [0.1, 0.15) is 5.82 Å². The minimum atomic E-state index is -2.68. The molecule has 2 fully saturated rings. The van der Waals surface area contributed by atoms with Crippen molar-refractivity contribution < 1.29 is 13.6 Å². The number of hydrogen-bond donors (Lipinski definition) is 2. The average molecular weight is 449 g/mol. The molecule has 1 amide bonds. The van der Waals surface area contributed by atoms with Crippen LogP contribution in [0.1, 0.15) is 49.4 Å². The summed E-state index contributed by atoms with van der Waals surface area (Å²) in [6, 6.07) is 0.316. The van der Waals surface area contributed by atoms with E-state index in [0.717, 1.165) is 50.1 Å². The van der Waals surface area contributed by atoms with Crippen LogP contribution in [0.15, 0.2) is 12.4 Å². The molecule has 2 saturated heterocycles. The molecule has 2 aliphatic rings. The Morgan fingerprint density at radius 3 is 2.84 bits per heavy atom. The average Bonchev–Trinajstić information content (AvgIpc) is 3.46. The number of likely N-dealkylation sites (N-methyl/N-ethyl adjacent to an activating group) is 1. The topological polar surface area (TPSA) is 91.2 Å². The summed E-state index contributed by atoms with van der Waals surface area (Å²) in [5.74, 6) is 0.498. The molecule has 0 radical (unpaired) electrons. The predicted octanol–water partition coefficient (Wildman–Crippen LogP) is 2.96. The van der Waals surface area contributed by atoms with E-state index in [0.29, 0.717) is 32.0 Å². The maximum atomic E-state index is 13.5. The Morgan fingerprint density at radius 1 is 1.31 bits per heavy atom. The summed E-state index contributed by atoms with van der Waals surface area (Å²) in [6.07, 6.45) is 3.56. The number of alkyl halides is 2. The molecule has 4 heterocycles. The third kappa shape index (κ3) is 5.14. The fourth-order valence-corrected chi connectivity index (χ4v) is 4.21. The first-order chi connectivity index (χ1) is 15.4. The number of anilines is 3. The summed E-state index contributed by atoms with van der Waals surface area (Å²) in [5.41, 5.74) is 1.31. The Morgan fingerprint density at radius 2 is 2.16 bits per heavy atom. The normalized spacial score (nSPS) is 19.3. The Labute approximate surface area is 186 Å². The highest BCUT2D eigenvalue weighted by molar-refractivity contribution is 5.78. The maximum Gasteiger partial charge on any atom is 0.268 e. The summed E-state index contributed by atoms with van der Waals surface area (Å²) in [7, 11) is 2.09. The lowest BCUT2D eigenvalue weighted by atomic mass is 10.3. The third-order valence-electron chi connectivity index (χ3n) is 6.02. The van der Waals surface area contributed by atoms with Crippen molar-refractivity contribution in [3.63, 3.8) is 0 Å². The molecular weight excluding hydrogens is 418 g/mol. The van der Waals surface area contributed by atoms with E-state index < -0.39 is 6.43 Å². The van der Waals surface area contributed by atoms with Gasteiger partial charge >= 0.3 is 0 Å². The van der Waals surface area contributed by atoms with E-state index >= 15 is 0 Å². The maximum absolute atomic E-state index is 13.5. The number of halogens is 2. The van der Waals surface area contributed by atoms with Gasteiger partial charge in [-0.2, -0.15) is 10.1 Å². The standard InChI is InChI=1S/C21H30F2N8O/c1-14-17(13-31(28-14)15-6-10-29(2)12-15)26-21-25-11-16(19(22)23)20(27-21)24-7-4-9-30-8-3-5-18(30)32/h11,13,15,19H,3-10,12H2,1-2H3,(H2,24,25,26,27). The molecule has 0 aliphatic carbocycles. The second kappa shape index (κ2) is 9.76. The summed E-state index contributed by atoms with van der Waals surface area (Å²) >= 11 is 0. The molecule has 11 heteroatoms. The number of nitrogens with one attached hydrogen (secondary N) is 2. The van der Waals surface area contributed by atoms with Gasteiger partial charge in [0.25, 0.3) is 6.43 Å². The minimum Gasteiger partial charge on any atom is -0.369 e. The molecule has 1 unspecified atom stereocenters. The molecule has 174 valence electrons. The zero-order valence-corrected chi connectivity index (χ0v) is 18.5. The van der Waals surface area contributed by atoms with Crippen LogP contribution in [0.3, 0.4) is 0 Å². The van der Waals surface area contributed by atoms with Crippen LogP contribution in [-0.4, -0.2) is 75.2 Å². The van der Waals surface area contributed by atoms with Gasteiger partial charge in [0.05, 0.1) is 23.0 Å². The van der Waals surface area contributed by atoms with Crippen LogP contribution >= 0.6 is 0 Å². The van der Waals surface area contributed by atoms with Crippen molar-refractivity contribution in [2.75, 3.05) is 50.4 Å². The Kier molecular flexibility index (Phi) is 6.83. The monoisotopic (exact) mass is 448 g/mol. The number of nitrogens with zero attached hydrogens (tertiary/aromatic N) is 6. The molecule has 2 aromatic rings. The van der Waals surface area contributed by atoms with Gasteiger partial charge in [0.15, 0.2) is 0 Å². The van der Waals surface area contributed by atoms with Crippen LogP contribution in [0.4, 0.5) is 26.2 Å². The van der Waals surface area contributed by atoms with E-state index in [9.17, 15) is 13.6 Å². The zero-order valence-electron chi connectivity index (χ0n) is 18.5. The Bertz CT molecular complexity index is 950. The van der Waals surface area contributed by atoms with Crippen molar-refractivity contribution >= 4 is 23.4 Å². The number of amides is 1. The molecule has 2 aliphatic heterocycles. The fraction of sp³-hybridized carbons (Fsp3) is 0.619. The van der Waals surface area contributed by atoms with Gasteiger partial charge in [-0.3, -0.25) is 9.48 Å². The molecule has 0 bridgehead atoms. The Hall–Kier alpha value is -2.82. The lowest BCUT2D eigenvalue weighted by Gasteiger charge is -2.16. The minimum absolute atomic E-state index is 0.104. The second-order valence-corrected chi connectivity index (χ2v) is 8.50. The number of aryl methyl sites for hydroxylation is 1. The summed E-state index contributed by atoms with van der Waals surface area (Å²) < 4.78 is 28.9. The third-order valence-corrected chi connectivity index (χ3v) is 6.02. The van der Waals surface area contributed by atoms with Crippen molar-refractivity contribution in [2.24, 2.45) is 0 Å². The SMILES string of the molecule is Cc1nn(C2CCN(C)C2)cc1Nc1ncc(C(F)F)c(NCCCN2CCCC2=O)n1. The largest absolute Gasteiger partial charge is 0.369 e. The van der Waals surface area contributed by atoms with Gasteiger partial charge < -0.3 is 20.4 Å². The first kappa shape index (κ1) is 22.4. The van der Waals surface area contributed by atoms with E-state index in [-0.39, 0.29) is 23.2 Å². The van der Waals surface area contributed by atoms with E-state index in [1.807, 2.05) is 22.7 Å². The first-order valence-corrected chi connectivity index (χ1v) is 11.1. The molecule has 4 rings (SSSR count). The van der Waals surface area contributed by atoms with Gasteiger partial charge in [-0.05, 0) is 39.8 Å². The van der Waals surface area contributed by atoms with Crippen molar-refractivity contribution in [3.8, 4) is 0 Å². The number of likely N-dealkylation sites (tertiary alicyclic amines) is 2. The van der Waals surface area contributed by atoms with Gasteiger partial charge in [-0.15, -0.1) is 0 Å². The summed E-state index contributed by atoms with van der Waals surface area (Å²) in [4.78, 5) is 24.1. The highest BCUT2D eigenvalue weighted by Crippen LogP contribution is 2.28. The summed E-state index contributed by atoms with van der Waals surface area (Å²) in [5, 5.41) is 10.7. The summed E-state index contributed by atoms with van der Waals surface area (Å²) in [6.45, 7) is 5.69. The smallest absolute Gasteiger partial charge is 0.268 e. The Balaban J connectivity index is 1.41. The fourth-order valence-electron chi connectivity index (χ4n) is 4.21. The highest BCUT2D eigenvalue weighted by atomic mass is 19.3. The van der Waals surface area contributed by atoms with E-state index in [1.54, 1.807) is 0 Å². The van der Waals surface area contributed by atoms with E-state index in [2.05, 4.69) is 37.6 Å². The predicted molar refractivity (Wildman–Crippen MR) is 117 cm³/mol. The quantitative estimate of drug-likeness (QED) is 0.570. The van der Waals surface area contributed by atoms with Crippen LogP contribution in [-0.2, 0) is 4.79 Å². The van der Waals surface area contributed by atoms with Crippen LogP contribution in [0.25, 0.3) is 0 Å². The molecule has 1 atom stereocenters. The molecule has 0 aromatic carbocycles. The molecule has 2 aromatic heterocycles. The molecule has 2 N–H and O–H groups in total. The van der Waals surface area contributed by atoms with Gasteiger partial charge in [0.2, 0.25) is 11.9 Å². The van der Waals surface area contributed by atoms with Crippen LogP contribution in [0.5, 0.6) is 0 Å². The van der Waals surface area contributed by atoms with Gasteiger partial charge in [-0.1, -0.05) is 0 Å². The molecule has 9 nitrogen and oxygen atoms in total. The number of carbonyl (C=O) groups is 1. The number of aromatic nitrogens is 4. The van der Waals surface area contributed by atoms with E-state index in [1.165, 1.54) is 0 Å². The molecule has 0 saturated carbocycles. The van der Waals surface area contributed by atoms with Crippen molar-refractivity contribution in [2.45, 2.75) is 45.1 Å².